The first-order valence-electron chi connectivity index (χ1n) is 11.0. The molecule has 1 unspecified atom stereocenters. The van der Waals surface area contributed by atoms with Gasteiger partial charge in [0, 0.05) is 0 Å². The number of carbonyl (C=O) groups excluding carboxylic acids is 1. The van der Waals surface area contributed by atoms with E-state index in [-0.39, 0.29) is 36.8 Å². The van der Waals surface area contributed by atoms with Crippen LogP contribution >= 0.6 is 0 Å². The van der Waals surface area contributed by atoms with Crippen molar-refractivity contribution in [2.24, 2.45) is 0 Å². The van der Waals surface area contributed by atoms with Gasteiger partial charge in [-0.2, -0.15) is 0 Å². The fourth-order valence-electron chi connectivity index (χ4n) is 4.22. The zero-order chi connectivity index (χ0) is 23.7. The number of amides is 1. The fourth-order valence-corrected chi connectivity index (χ4v) is 7.19. The number of benzene rings is 1. The summed E-state index contributed by atoms with van der Waals surface area (Å²) in [7, 11) is 1.42. The Bertz CT molecular complexity index is 1270. The van der Waals surface area contributed by atoms with Gasteiger partial charge in [0.25, 0.3) is 0 Å². The van der Waals surface area contributed by atoms with Gasteiger partial charge in [0.05, 0.1) is 0 Å². The molecule has 7 nitrogen and oxygen atoms in total. The number of aromatic amines is 1. The number of halogens is 2. The molecular formula is C25H25FIN4O3-. The fraction of sp³-hybridized carbons (Fsp3) is 0.280. The Morgan fingerprint density at radius 2 is 2.21 bits per heavy atom. The molecule has 0 spiro atoms. The van der Waals surface area contributed by atoms with E-state index in [4.69, 9.17) is 9.47 Å². The van der Waals surface area contributed by atoms with Gasteiger partial charge >= 0.3 is 208 Å². The average Bonchev–Trinajstić information content (AvgIpc) is 3.21. The first kappa shape index (κ1) is 22.7. The number of allylic oxidation sites excluding steroid dienone is 1. The molecule has 2 aliphatic heterocycles. The van der Waals surface area contributed by atoms with Gasteiger partial charge in [-0.3, -0.25) is 0 Å². The molecule has 0 radical (unpaired) electrons. The van der Waals surface area contributed by atoms with Crippen LogP contribution in [0.2, 0.25) is 0 Å². The molecule has 1 amide bonds. The van der Waals surface area contributed by atoms with E-state index >= 15 is 0 Å². The standard InChI is InChI=1S/C25H25FIN4O3/c1-14-5-4-10-34-19-13-28-9-8-15(19)21-23(30-18-7-3-6-16(26)24(18)33-2)20-22(31-21)17(27-11-14)12-29-25(20)32/h3,5-9,13,17,30-31H,4,10-12H2,1-2H3,(H,29,32)/q-1/b14-5+. The zero-order valence-corrected chi connectivity index (χ0v) is 21.0. The number of carbonyl (C=O) groups is 1. The normalized spacial score (nSPS) is 19.4. The summed E-state index contributed by atoms with van der Waals surface area (Å²) in [6, 6.07) is 6.54. The van der Waals surface area contributed by atoms with Crippen molar-refractivity contribution < 1.29 is 39.9 Å². The van der Waals surface area contributed by atoms with E-state index in [1.54, 1.807) is 24.5 Å². The third-order valence-electron chi connectivity index (χ3n) is 5.84. The Morgan fingerprint density at radius 3 is 3.06 bits per heavy atom. The predicted molar refractivity (Wildman–Crippen MR) is 124 cm³/mol. The molecule has 9 heteroatoms. The molecule has 5 rings (SSSR count). The summed E-state index contributed by atoms with van der Waals surface area (Å²) in [5.74, 6) is 0.0627. The molecule has 2 aliphatic rings. The maximum absolute atomic E-state index is 14.4. The summed E-state index contributed by atoms with van der Waals surface area (Å²) >= 11 is -0.271. The molecular weight excluding hydrogens is 550 g/mol. The van der Waals surface area contributed by atoms with E-state index in [0.29, 0.717) is 41.5 Å². The van der Waals surface area contributed by atoms with Crippen molar-refractivity contribution in [3.05, 3.63) is 65.4 Å². The maximum atomic E-state index is 14.4. The van der Waals surface area contributed by atoms with Gasteiger partial charge in [0.1, 0.15) is 0 Å². The van der Waals surface area contributed by atoms with Gasteiger partial charge in [0.15, 0.2) is 0 Å². The Labute approximate surface area is 207 Å². The topological polar surface area (TPSA) is 88.3 Å². The van der Waals surface area contributed by atoms with Gasteiger partial charge < -0.3 is 0 Å². The number of pyridine rings is 1. The molecule has 0 saturated heterocycles. The second kappa shape index (κ2) is 9.65. The summed E-state index contributed by atoms with van der Waals surface area (Å²) < 4.78 is 27.1. The molecule has 3 N–H and O–H groups in total. The average molecular weight is 575 g/mol. The quantitative estimate of drug-likeness (QED) is 0.251. The molecule has 4 heterocycles. The molecule has 1 aromatic carbocycles. The van der Waals surface area contributed by atoms with Crippen LogP contribution in [0.1, 0.15) is 33.3 Å². The second-order valence-corrected chi connectivity index (χ2v) is 11.3. The first-order chi connectivity index (χ1) is 16.6. The minimum absolute atomic E-state index is 0.0879. The number of fused-ring (bicyclic) bond motifs is 3. The summed E-state index contributed by atoms with van der Waals surface area (Å²) in [6.07, 6.45) is 6.43. The number of para-hydroxylation sites is 1. The third-order valence-corrected chi connectivity index (χ3v) is 9.61. The van der Waals surface area contributed by atoms with Crippen LogP contribution in [0, 0.1) is 5.82 Å². The SMILES string of the molecule is COc1c(F)cccc1Nc1c2[nH]c3c1C(=O)NCC3[I-]C/C(C)=C/CCOc1cnccc1-2. The van der Waals surface area contributed by atoms with Crippen LogP contribution in [0.5, 0.6) is 11.5 Å². The predicted octanol–water partition coefficient (Wildman–Crippen LogP) is 1.57. The van der Waals surface area contributed by atoms with E-state index in [9.17, 15) is 9.18 Å². The number of nitrogens with zero attached hydrogens (tertiary/aromatic N) is 1. The van der Waals surface area contributed by atoms with Gasteiger partial charge in [-0.15, -0.1) is 0 Å². The number of alkyl halides is 2. The van der Waals surface area contributed by atoms with E-state index in [1.807, 2.05) is 6.07 Å². The van der Waals surface area contributed by atoms with Crippen LogP contribution in [0.15, 0.2) is 48.3 Å². The van der Waals surface area contributed by atoms with Crippen molar-refractivity contribution in [3.63, 3.8) is 0 Å². The van der Waals surface area contributed by atoms with Crippen LogP contribution in [0.25, 0.3) is 11.3 Å². The summed E-state index contributed by atoms with van der Waals surface area (Å²) in [5, 5.41) is 6.37. The van der Waals surface area contributed by atoms with Crippen molar-refractivity contribution in [1.82, 2.24) is 15.3 Å². The summed E-state index contributed by atoms with van der Waals surface area (Å²) in [4.78, 5) is 20.9. The van der Waals surface area contributed by atoms with Crippen molar-refractivity contribution in [2.75, 3.05) is 30.0 Å². The Balaban J connectivity index is 1.72. The van der Waals surface area contributed by atoms with Crippen LogP contribution in [-0.2, 0) is 0 Å². The summed E-state index contributed by atoms with van der Waals surface area (Å²) in [5.41, 5.74) is 5.32. The Morgan fingerprint density at radius 1 is 1.32 bits per heavy atom. The van der Waals surface area contributed by atoms with E-state index in [1.165, 1.54) is 18.7 Å². The van der Waals surface area contributed by atoms with Gasteiger partial charge in [-0.25, -0.2) is 0 Å². The minimum atomic E-state index is -0.482. The number of hydrogen-bond donors (Lipinski definition) is 3. The zero-order valence-electron chi connectivity index (χ0n) is 18.9. The number of H-pyrrole nitrogens is 1. The number of nitrogens with one attached hydrogen (secondary N) is 3. The molecule has 1 atom stereocenters. The number of ether oxygens (including phenoxy) is 2. The molecule has 34 heavy (non-hydrogen) atoms. The van der Waals surface area contributed by atoms with Crippen molar-refractivity contribution in [1.29, 1.82) is 0 Å². The monoisotopic (exact) mass is 575 g/mol. The van der Waals surface area contributed by atoms with Crippen molar-refractivity contribution >= 4 is 17.3 Å². The molecule has 2 aromatic heterocycles. The molecule has 2 bridgehead atoms. The van der Waals surface area contributed by atoms with Crippen molar-refractivity contribution in [3.8, 4) is 22.8 Å². The molecule has 0 aliphatic carbocycles. The first-order valence-corrected chi connectivity index (χ1v) is 13.8. The number of methoxy groups -OCH3 is 1. The van der Waals surface area contributed by atoms with E-state index in [2.05, 4.69) is 33.6 Å². The number of hydrogen-bond acceptors (Lipinski definition) is 5. The Kier molecular flexibility index (Phi) is 6.44. The van der Waals surface area contributed by atoms with Crippen molar-refractivity contribution in [2.45, 2.75) is 17.3 Å². The third kappa shape index (κ3) is 4.24. The number of rotatable bonds is 3. The Hall–Kier alpha value is -3.08. The molecule has 3 aromatic rings. The second-order valence-electron chi connectivity index (χ2n) is 8.13. The van der Waals surface area contributed by atoms with Crippen LogP contribution in [0.3, 0.4) is 0 Å². The van der Waals surface area contributed by atoms with E-state index < -0.39 is 5.82 Å². The van der Waals surface area contributed by atoms with Gasteiger partial charge in [0.2, 0.25) is 0 Å². The molecule has 0 fully saturated rings. The number of anilines is 2. The van der Waals surface area contributed by atoms with Crippen LogP contribution in [0.4, 0.5) is 15.8 Å². The number of aromatic nitrogens is 2. The summed E-state index contributed by atoms with van der Waals surface area (Å²) in [6.45, 7) is 3.29. The van der Waals surface area contributed by atoms with Gasteiger partial charge in [-0.1, -0.05) is 0 Å². The van der Waals surface area contributed by atoms with Crippen LogP contribution < -0.4 is 41.3 Å². The van der Waals surface area contributed by atoms with E-state index in [0.717, 1.165) is 22.1 Å². The van der Waals surface area contributed by atoms with Crippen LogP contribution in [-0.4, -0.2) is 40.6 Å². The van der Waals surface area contributed by atoms with Gasteiger partial charge in [-0.05, 0) is 0 Å². The molecule has 178 valence electrons. The molecule has 0 saturated carbocycles.